The number of carbonyl (C=O) groups is 1. The molecule has 0 fully saturated rings. The molecule has 4 nitrogen and oxygen atoms in total. The molecule has 116 valence electrons. The molecule has 0 unspecified atom stereocenters. The Balaban J connectivity index is 1.80. The molecule has 0 saturated carbocycles. The zero-order valence-corrected chi connectivity index (χ0v) is 12.8. The van der Waals surface area contributed by atoms with E-state index in [9.17, 15) is 4.79 Å². The second-order valence-electron chi connectivity index (χ2n) is 5.08. The van der Waals surface area contributed by atoms with Crippen molar-refractivity contribution < 1.29 is 14.3 Å². The molecule has 0 atom stereocenters. The summed E-state index contributed by atoms with van der Waals surface area (Å²) in [6.45, 7) is 0.518. The van der Waals surface area contributed by atoms with Crippen LogP contribution in [-0.2, 0) is 16.1 Å². The molecule has 23 heavy (non-hydrogen) atoms. The fourth-order valence-corrected chi connectivity index (χ4v) is 2.32. The van der Waals surface area contributed by atoms with Crippen LogP contribution in [0.2, 0.25) is 0 Å². The van der Waals surface area contributed by atoms with Crippen LogP contribution < -0.4 is 4.74 Å². The minimum atomic E-state index is -0.379. The number of methoxy groups -OCH3 is 1. The van der Waals surface area contributed by atoms with Gasteiger partial charge in [-0.3, -0.25) is 0 Å². The summed E-state index contributed by atoms with van der Waals surface area (Å²) in [5.74, 6) is 0.407. The van der Waals surface area contributed by atoms with Gasteiger partial charge in [-0.2, -0.15) is 0 Å². The Labute approximate surface area is 134 Å². The third kappa shape index (κ3) is 3.61. The standard InChI is InChI=1S/C19H17NO3/c1-22-19(21)10-7-15-12-20-18-9-8-16(11-17(15)18)23-13-14-5-3-2-4-6-14/h2-12,20H,13H2,1H3/b10-7+. The van der Waals surface area contributed by atoms with E-state index in [0.29, 0.717) is 6.61 Å². The van der Waals surface area contributed by atoms with Crippen molar-refractivity contribution in [2.75, 3.05) is 7.11 Å². The largest absolute Gasteiger partial charge is 0.489 e. The Morgan fingerprint density at radius 2 is 2.00 bits per heavy atom. The zero-order chi connectivity index (χ0) is 16.1. The number of hydrogen-bond acceptors (Lipinski definition) is 3. The first kappa shape index (κ1) is 14.9. The maximum Gasteiger partial charge on any atom is 0.330 e. The van der Waals surface area contributed by atoms with Crippen molar-refractivity contribution in [3.63, 3.8) is 0 Å². The van der Waals surface area contributed by atoms with Gasteiger partial charge in [0, 0.05) is 28.7 Å². The van der Waals surface area contributed by atoms with E-state index in [1.807, 2.05) is 54.7 Å². The highest BCUT2D eigenvalue weighted by Crippen LogP contribution is 2.25. The summed E-state index contributed by atoms with van der Waals surface area (Å²) in [6.07, 6.45) is 4.98. The minimum absolute atomic E-state index is 0.379. The predicted octanol–water partition coefficient (Wildman–Crippen LogP) is 3.93. The van der Waals surface area contributed by atoms with Crippen LogP contribution in [0.3, 0.4) is 0 Å². The van der Waals surface area contributed by atoms with Gasteiger partial charge in [0.2, 0.25) is 0 Å². The molecule has 0 radical (unpaired) electrons. The predicted molar refractivity (Wildman–Crippen MR) is 90.1 cm³/mol. The average molecular weight is 307 g/mol. The Kier molecular flexibility index (Phi) is 4.43. The first-order chi connectivity index (χ1) is 11.3. The van der Waals surface area contributed by atoms with E-state index in [-0.39, 0.29) is 5.97 Å². The van der Waals surface area contributed by atoms with E-state index < -0.39 is 0 Å². The molecular weight excluding hydrogens is 290 g/mol. The topological polar surface area (TPSA) is 51.3 Å². The van der Waals surface area contributed by atoms with Gasteiger partial charge in [0.15, 0.2) is 0 Å². The van der Waals surface area contributed by atoms with Crippen molar-refractivity contribution in [1.82, 2.24) is 4.98 Å². The second kappa shape index (κ2) is 6.83. The molecule has 1 aromatic heterocycles. The number of esters is 1. The molecule has 0 spiro atoms. The number of ether oxygens (including phenoxy) is 2. The van der Waals surface area contributed by atoms with Crippen LogP contribution in [0.4, 0.5) is 0 Å². The Bertz CT molecular complexity index is 834. The third-order valence-electron chi connectivity index (χ3n) is 3.53. The van der Waals surface area contributed by atoms with Gasteiger partial charge < -0.3 is 14.5 Å². The third-order valence-corrected chi connectivity index (χ3v) is 3.53. The van der Waals surface area contributed by atoms with Gasteiger partial charge in [0.1, 0.15) is 12.4 Å². The van der Waals surface area contributed by atoms with Gasteiger partial charge in [-0.1, -0.05) is 30.3 Å². The Morgan fingerprint density at radius 3 is 2.78 bits per heavy atom. The summed E-state index contributed by atoms with van der Waals surface area (Å²) < 4.78 is 10.5. The molecule has 0 aliphatic heterocycles. The van der Waals surface area contributed by atoms with Crippen LogP contribution in [-0.4, -0.2) is 18.1 Å². The van der Waals surface area contributed by atoms with Gasteiger partial charge in [-0.15, -0.1) is 0 Å². The molecule has 1 heterocycles. The van der Waals surface area contributed by atoms with Gasteiger partial charge in [-0.05, 0) is 29.8 Å². The number of rotatable bonds is 5. The highest BCUT2D eigenvalue weighted by molar-refractivity contribution is 5.94. The van der Waals surface area contributed by atoms with E-state index in [1.54, 1.807) is 6.08 Å². The van der Waals surface area contributed by atoms with Crippen LogP contribution in [0.25, 0.3) is 17.0 Å². The van der Waals surface area contributed by atoms with Gasteiger partial charge >= 0.3 is 5.97 Å². The molecule has 1 N–H and O–H groups in total. The van der Waals surface area contributed by atoms with Crippen LogP contribution in [0.5, 0.6) is 5.75 Å². The Hall–Kier alpha value is -3.01. The summed E-state index contributed by atoms with van der Waals surface area (Å²) in [7, 11) is 1.36. The number of H-pyrrole nitrogens is 1. The molecule has 0 bridgehead atoms. The molecule has 3 rings (SSSR count). The summed E-state index contributed by atoms with van der Waals surface area (Å²) in [4.78, 5) is 14.4. The SMILES string of the molecule is COC(=O)/C=C/c1c[nH]c2ccc(OCc3ccccc3)cc12. The lowest BCUT2D eigenvalue weighted by molar-refractivity contribution is -0.134. The maximum absolute atomic E-state index is 11.2. The second-order valence-corrected chi connectivity index (χ2v) is 5.08. The van der Waals surface area contributed by atoms with Crippen molar-refractivity contribution in [3.05, 3.63) is 71.9 Å². The highest BCUT2D eigenvalue weighted by Gasteiger charge is 2.04. The molecule has 0 amide bonds. The smallest absolute Gasteiger partial charge is 0.330 e. The molecule has 4 heteroatoms. The zero-order valence-electron chi connectivity index (χ0n) is 12.8. The van der Waals surface area contributed by atoms with Gasteiger partial charge in [0.05, 0.1) is 7.11 Å². The van der Waals surface area contributed by atoms with E-state index in [4.69, 9.17) is 4.74 Å². The average Bonchev–Trinajstić information content (AvgIpc) is 3.01. The minimum Gasteiger partial charge on any atom is -0.489 e. The number of carbonyl (C=O) groups excluding carboxylic acids is 1. The molecule has 0 aliphatic carbocycles. The Morgan fingerprint density at radius 1 is 1.17 bits per heavy atom. The van der Waals surface area contributed by atoms with Crippen molar-refractivity contribution in [1.29, 1.82) is 0 Å². The van der Waals surface area contributed by atoms with E-state index in [2.05, 4.69) is 9.72 Å². The first-order valence-electron chi connectivity index (χ1n) is 7.30. The highest BCUT2D eigenvalue weighted by atomic mass is 16.5. The number of nitrogens with one attached hydrogen (secondary N) is 1. The first-order valence-corrected chi connectivity index (χ1v) is 7.30. The number of hydrogen-bond donors (Lipinski definition) is 1. The van der Waals surface area contributed by atoms with Gasteiger partial charge in [-0.25, -0.2) is 4.79 Å². The molecule has 0 saturated heterocycles. The van der Waals surface area contributed by atoms with E-state index in [1.165, 1.54) is 13.2 Å². The summed E-state index contributed by atoms with van der Waals surface area (Å²) >= 11 is 0. The maximum atomic E-state index is 11.2. The van der Waals surface area contributed by atoms with Crippen molar-refractivity contribution >= 4 is 22.9 Å². The number of aromatic amines is 1. The van der Waals surface area contributed by atoms with Crippen molar-refractivity contribution in [3.8, 4) is 5.75 Å². The van der Waals surface area contributed by atoms with Crippen LogP contribution in [0.15, 0.2) is 60.8 Å². The molecule has 0 aliphatic rings. The lowest BCUT2D eigenvalue weighted by atomic mass is 10.1. The van der Waals surface area contributed by atoms with E-state index >= 15 is 0 Å². The fourth-order valence-electron chi connectivity index (χ4n) is 2.32. The summed E-state index contributed by atoms with van der Waals surface area (Å²) in [6, 6.07) is 15.9. The van der Waals surface area contributed by atoms with E-state index in [0.717, 1.165) is 27.8 Å². The molecule has 2 aromatic carbocycles. The van der Waals surface area contributed by atoms with Crippen LogP contribution in [0, 0.1) is 0 Å². The number of aromatic nitrogens is 1. The molecular formula is C19H17NO3. The van der Waals surface area contributed by atoms with Crippen molar-refractivity contribution in [2.24, 2.45) is 0 Å². The van der Waals surface area contributed by atoms with Crippen LogP contribution >= 0.6 is 0 Å². The van der Waals surface area contributed by atoms with Crippen LogP contribution in [0.1, 0.15) is 11.1 Å². The normalized spacial score (nSPS) is 11.0. The number of benzene rings is 2. The monoisotopic (exact) mass is 307 g/mol. The fraction of sp³-hybridized carbons (Fsp3) is 0.105. The summed E-state index contributed by atoms with van der Waals surface area (Å²) in [5.41, 5.74) is 3.02. The number of fused-ring (bicyclic) bond motifs is 1. The van der Waals surface area contributed by atoms with Gasteiger partial charge in [0.25, 0.3) is 0 Å². The quantitative estimate of drug-likeness (QED) is 0.574. The van der Waals surface area contributed by atoms with Crippen molar-refractivity contribution in [2.45, 2.75) is 6.61 Å². The molecule has 3 aromatic rings. The lowest BCUT2D eigenvalue weighted by Crippen LogP contribution is -1.94. The summed E-state index contributed by atoms with van der Waals surface area (Å²) in [5, 5.41) is 0.996. The lowest BCUT2D eigenvalue weighted by Gasteiger charge is -2.06.